The molecule has 0 bridgehead atoms. The fourth-order valence-corrected chi connectivity index (χ4v) is 4.49. The molecule has 0 unspecified atom stereocenters. The molecule has 31 heavy (non-hydrogen) atoms. The van der Waals surface area contributed by atoms with Crippen molar-refractivity contribution in [2.45, 2.75) is 32.6 Å². The third kappa shape index (κ3) is 5.86. The van der Waals surface area contributed by atoms with E-state index in [0.29, 0.717) is 17.0 Å². The predicted molar refractivity (Wildman–Crippen MR) is 120 cm³/mol. The molecule has 2 N–H and O–H groups in total. The first kappa shape index (κ1) is 24.0. The summed E-state index contributed by atoms with van der Waals surface area (Å²) in [6.45, 7) is 6.94. The summed E-state index contributed by atoms with van der Waals surface area (Å²) < 4.78 is 27.3. The molecule has 0 aromatic heterocycles. The molecular weight excluding hydrogens is 422 g/mol. The van der Waals surface area contributed by atoms with Crippen LogP contribution in [0.5, 0.6) is 0 Å². The fraction of sp³-hybridized carbons (Fsp3) is 0.300. The second kappa shape index (κ2) is 10.1. The Kier molecular flexibility index (Phi) is 7.83. The Labute approximate surface area is 181 Å². The van der Waals surface area contributed by atoms with Crippen LogP contribution in [0.2, 0.25) is 0 Å². The number of nitro benzene ring substituents is 1. The minimum atomic E-state index is -3.97. The minimum absolute atomic E-state index is 0.120. The van der Waals surface area contributed by atoms with E-state index in [9.17, 15) is 23.3 Å². The number of anilines is 2. The molecule has 0 aliphatic heterocycles. The average Bonchev–Trinajstić information content (AvgIpc) is 2.72. The lowest BCUT2D eigenvalue weighted by atomic mass is 10.1. The van der Waals surface area contributed by atoms with E-state index < -0.39 is 14.9 Å². The van der Waals surface area contributed by atoms with E-state index in [1.54, 1.807) is 45.0 Å². The molecule has 166 valence electrons. The van der Waals surface area contributed by atoms with Gasteiger partial charge in [0, 0.05) is 37.8 Å². The normalized spacial score (nSPS) is 12.0. The highest BCUT2D eigenvalue weighted by Crippen LogP contribution is 2.29. The Morgan fingerprint density at radius 3 is 2.39 bits per heavy atom. The molecule has 0 aliphatic carbocycles. The Morgan fingerprint density at radius 2 is 1.81 bits per heavy atom. The molecule has 0 spiro atoms. The lowest BCUT2D eigenvalue weighted by Gasteiger charge is -2.20. The molecule has 0 aliphatic rings. The van der Waals surface area contributed by atoms with Crippen molar-refractivity contribution in [3.8, 4) is 0 Å². The zero-order valence-corrected chi connectivity index (χ0v) is 18.6. The summed E-state index contributed by atoms with van der Waals surface area (Å²) >= 11 is 0. The van der Waals surface area contributed by atoms with Gasteiger partial charge in [-0.05, 0) is 30.7 Å². The van der Waals surface area contributed by atoms with Crippen molar-refractivity contribution >= 4 is 38.7 Å². The van der Waals surface area contributed by atoms with Crippen molar-refractivity contribution in [3.63, 3.8) is 0 Å². The molecule has 0 saturated carbocycles. The number of hydrazone groups is 1. The molecule has 2 rings (SSSR count). The molecule has 0 heterocycles. The maximum atomic E-state index is 13.0. The molecule has 0 radical (unpaired) electrons. The van der Waals surface area contributed by atoms with Crippen LogP contribution in [0, 0.1) is 10.1 Å². The van der Waals surface area contributed by atoms with Crippen molar-refractivity contribution in [1.29, 1.82) is 0 Å². The zero-order chi connectivity index (χ0) is 23.2. The second-order valence-corrected chi connectivity index (χ2v) is 8.50. The van der Waals surface area contributed by atoms with E-state index in [1.807, 2.05) is 0 Å². The number of non-ortho nitro benzene ring substituents is 1. The van der Waals surface area contributed by atoms with Crippen LogP contribution < -0.4 is 10.7 Å². The molecule has 2 aromatic rings. The predicted octanol–water partition coefficient (Wildman–Crippen LogP) is 3.42. The smallest absolute Gasteiger partial charge is 0.270 e. The van der Waals surface area contributed by atoms with E-state index in [2.05, 4.69) is 15.8 Å². The first-order valence-electron chi connectivity index (χ1n) is 9.57. The summed E-state index contributed by atoms with van der Waals surface area (Å²) in [5.41, 5.74) is 4.33. The topological polar surface area (TPSA) is 134 Å². The summed E-state index contributed by atoms with van der Waals surface area (Å²) in [5.74, 6) is -0.206. The summed E-state index contributed by atoms with van der Waals surface area (Å²) in [7, 11) is -3.97. The van der Waals surface area contributed by atoms with Gasteiger partial charge in [0.15, 0.2) is 0 Å². The number of rotatable bonds is 9. The standard InChI is InChI=1S/C20H25N5O5S/c1-5-24(6-2)31(29,30)20-13-18(25(27)28)10-11-19(20)23-22-14(3)16-8-7-9-17(12-16)21-15(4)26/h7-13,23H,5-6H2,1-4H3,(H,21,26)/b22-14+. The third-order valence-corrected chi connectivity index (χ3v) is 6.53. The van der Waals surface area contributed by atoms with E-state index in [4.69, 9.17) is 0 Å². The Bertz CT molecular complexity index is 1110. The minimum Gasteiger partial charge on any atom is -0.326 e. The van der Waals surface area contributed by atoms with E-state index in [1.165, 1.54) is 23.4 Å². The maximum Gasteiger partial charge on any atom is 0.270 e. The molecule has 1 amide bonds. The molecular formula is C20H25N5O5S. The van der Waals surface area contributed by atoms with Crippen LogP contribution in [0.3, 0.4) is 0 Å². The van der Waals surface area contributed by atoms with E-state index in [0.717, 1.165) is 6.07 Å². The second-order valence-electron chi connectivity index (χ2n) is 6.60. The fourth-order valence-electron chi connectivity index (χ4n) is 2.87. The zero-order valence-electron chi connectivity index (χ0n) is 17.7. The van der Waals surface area contributed by atoms with Gasteiger partial charge in [0.25, 0.3) is 5.69 Å². The number of amides is 1. The van der Waals surface area contributed by atoms with Crippen LogP contribution in [0.4, 0.5) is 17.1 Å². The number of nitrogens with zero attached hydrogens (tertiary/aromatic N) is 3. The lowest BCUT2D eigenvalue weighted by Crippen LogP contribution is -2.31. The van der Waals surface area contributed by atoms with Crippen molar-refractivity contribution in [1.82, 2.24) is 4.31 Å². The van der Waals surface area contributed by atoms with Crippen molar-refractivity contribution < 1.29 is 18.1 Å². The van der Waals surface area contributed by atoms with E-state index in [-0.39, 0.29) is 35.3 Å². The van der Waals surface area contributed by atoms with Gasteiger partial charge in [-0.25, -0.2) is 8.42 Å². The van der Waals surface area contributed by atoms with Crippen LogP contribution in [-0.4, -0.2) is 42.4 Å². The molecule has 0 fully saturated rings. The SMILES string of the molecule is CCN(CC)S(=O)(=O)c1cc([N+](=O)[O-])ccc1N/N=C(\C)c1cccc(NC(C)=O)c1. The van der Waals surface area contributed by atoms with Gasteiger partial charge in [-0.3, -0.25) is 20.3 Å². The molecule has 11 heteroatoms. The summed E-state index contributed by atoms with van der Waals surface area (Å²) in [4.78, 5) is 21.6. The average molecular weight is 448 g/mol. The molecule has 0 atom stereocenters. The highest BCUT2D eigenvalue weighted by Gasteiger charge is 2.27. The highest BCUT2D eigenvalue weighted by atomic mass is 32.2. The number of carbonyl (C=O) groups excluding carboxylic acids is 1. The van der Waals surface area contributed by atoms with Crippen LogP contribution in [-0.2, 0) is 14.8 Å². The lowest BCUT2D eigenvalue weighted by molar-refractivity contribution is -0.385. The van der Waals surface area contributed by atoms with Gasteiger partial charge in [-0.1, -0.05) is 26.0 Å². The van der Waals surface area contributed by atoms with Gasteiger partial charge < -0.3 is 5.32 Å². The van der Waals surface area contributed by atoms with Crippen molar-refractivity contribution in [2.75, 3.05) is 23.8 Å². The maximum absolute atomic E-state index is 13.0. The van der Waals surface area contributed by atoms with Gasteiger partial charge in [0.05, 0.1) is 16.3 Å². The van der Waals surface area contributed by atoms with Gasteiger partial charge in [-0.2, -0.15) is 9.41 Å². The summed E-state index contributed by atoms with van der Waals surface area (Å²) in [6.07, 6.45) is 0. The summed E-state index contributed by atoms with van der Waals surface area (Å²) in [6, 6.07) is 10.6. The van der Waals surface area contributed by atoms with Crippen LogP contribution in [0.15, 0.2) is 52.5 Å². The van der Waals surface area contributed by atoms with Crippen LogP contribution >= 0.6 is 0 Å². The largest absolute Gasteiger partial charge is 0.326 e. The number of carbonyl (C=O) groups is 1. The molecule has 2 aromatic carbocycles. The molecule has 0 saturated heterocycles. The van der Waals surface area contributed by atoms with Crippen molar-refractivity contribution in [2.24, 2.45) is 5.10 Å². The number of nitro groups is 1. The number of hydrogen-bond donors (Lipinski definition) is 2. The quantitative estimate of drug-likeness (QED) is 0.344. The third-order valence-electron chi connectivity index (χ3n) is 4.44. The first-order valence-corrected chi connectivity index (χ1v) is 11.0. The Balaban J connectivity index is 2.45. The number of nitrogens with one attached hydrogen (secondary N) is 2. The highest BCUT2D eigenvalue weighted by molar-refractivity contribution is 7.89. The number of hydrogen-bond acceptors (Lipinski definition) is 7. The van der Waals surface area contributed by atoms with Crippen LogP contribution in [0.1, 0.15) is 33.3 Å². The summed E-state index contributed by atoms with van der Waals surface area (Å²) in [5, 5.41) is 18.1. The molecule has 10 nitrogen and oxygen atoms in total. The van der Waals surface area contributed by atoms with E-state index >= 15 is 0 Å². The van der Waals surface area contributed by atoms with Crippen LogP contribution in [0.25, 0.3) is 0 Å². The van der Waals surface area contributed by atoms with Gasteiger partial charge >= 0.3 is 0 Å². The van der Waals surface area contributed by atoms with Gasteiger partial charge in [0.1, 0.15) is 4.90 Å². The van der Waals surface area contributed by atoms with Crippen molar-refractivity contribution in [3.05, 3.63) is 58.1 Å². The Morgan fingerprint density at radius 1 is 1.13 bits per heavy atom. The first-order chi connectivity index (χ1) is 14.6. The number of sulfonamides is 1. The monoisotopic (exact) mass is 447 g/mol. The number of benzene rings is 2. The van der Waals surface area contributed by atoms with Gasteiger partial charge in [0.2, 0.25) is 15.9 Å². The Hall–Kier alpha value is -3.31. The van der Waals surface area contributed by atoms with Gasteiger partial charge in [-0.15, -0.1) is 0 Å².